The van der Waals surface area contributed by atoms with Gasteiger partial charge in [-0.1, -0.05) is 31.3 Å². The van der Waals surface area contributed by atoms with E-state index in [1.807, 2.05) is 0 Å². The van der Waals surface area contributed by atoms with Crippen LogP contribution in [-0.2, 0) is 23.9 Å². The van der Waals surface area contributed by atoms with Crippen LogP contribution in [0.5, 0.6) is 0 Å². The van der Waals surface area contributed by atoms with Crippen LogP contribution >= 0.6 is 15.9 Å². The highest BCUT2D eigenvalue weighted by molar-refractivity contribution is 9.09. The second-order valence-corrected chi connectivity index (χ2v) is 4.04. The van der Waals surface area contributed by atoms with Gasteiger partial charge in [-0.05, 0) is 16.6 Å². The Morgan fingerprint density at radius 2 is 1.34 bits per heavy atom. The average Bonchev–Trinajstić information content (AvgIpc) is 2.74. The molecule has 0 fully saturated rings. The molecule has 0 aliphatic rings. The van der Waals surface area contributed by atoms with Crippen LogP contribution in [0, 0.1) is 0 Å². The van der Waals surface area contributed by atoms with Gasteiger partial charge >= 0.3 is 11.9 Å². The Bertz CT molecular complexity index is 564. The van der Waals surface area contributed by atoms with Crippen molar-refractivity contribution in [2.24, 2.45) is 15.3 Å². The molecule has 0 bridgehead atoms. The van der Waals surface area contributed by atoms with Crippen molar-refractivity contribution in [2.45, 2.75) is 0 Å². The van der Waals surface area contributed by atoms with Gasteiger partial charge in [0.1, 0.15) is 25.0 Å². The first-order valence-electron chi connectivity index (χ1n) is 6.71. The van der Waals surface area contributed by atoms with Crippen molar-refractivity contribution in [3.63, 3.8) is 0 Å². The number of aliphatic carboxylic acids is 1. The number of likely N-dealkylation sites (N-methyl/N-ethyl adjacent to an activating group) is 1. The number of rotatable bonds is 7. The Morgan fingerprint density at radius 3 is 1.62 bits per heavy atom. The molecule has 0 radical (unpaired) electrons. The van der Waals surface area contributed by atoms with Gasteiger partial charge in [-0.25, -0.2) is 5.48 Å². The lowest BCUT2D eigenvalue weighted by atomic mass is 10.6. The maximum atomic E-state index is 10.2. The van der Waals surface area contributed by atoms with Gasteiger partial charge in [0.15, 0.2) is 0 Å². The molecule has 0 unspecified atom stereocenters. The van der Waals surface area contributed by atoms with Crippen LogP contribution in [0.4, 0.5) is 0 Å². The maximum absolute atomic E-state index is 10.2. The van der Waals surface area contributed by atoms with Crippen LogP contribution in [-0.4, -0.2) is 73.2 Å². The van der Waals surface area contributed by atoms with Crippen LogP contribution in [0.1, 0.15) is 0 Å². The molecule has 0 heterocycles. The van der Waals surface area contributed by atoms with E-state index in [0.717, 1.165) is 0 Å². The number of methoxy groups -OCH3 is 1. The molecule has 0 saturated heterocycles. The van der Waals surface area contributed by atoms with Gasteiger partial charge in [-0.2, -0.15) is 0 Å². The summed E-state index contributed by atoms with van der Waals surface area (Å²) in [7, 11) is 2.71. The van der Waals surface area contributed by atoms with E-state index in [1.54, 1.807) is 0 Å². The fraction of sp³-hybridized carbons (Fsp3) is 0.600. The summed E-state index contributed by atoms with van der Waals surface area (Å²) in [5.41, 5.74) is 24.3. The fourth-order valence-corrected chi connectivity index (χ4v) is 0.460. The fourth-order valence-electron chi connectivity index (χ4n) is 0.460. The first kappa shape index (κ1) is 32.9. The first-order chi connectivity index (χ1) is 13.7. The second-order valence-electron chi connectivity index (χ2n) is 3.48. The first-order valence-corrected chi connectivity index (χ1v) is 7.83. The highest BCUT2D eigenvalue weighted by atomic mass is 79.9. The summed E-state index contributed by atoms with van der Waals surface area (Å²) in [6.45, 7) is -0.715. The predicted molar refractivity (Wildman–Crippen MR) is 99.5 cm³/mol. The van der Waals surface area contributed by atoms with Crippen molar-refractivity contribution < 1.29 is 34.2 Å². The van der Waals surface area contributed by atoms with Gasteiger partial charge < -0.3 is 15.2 Å². The summed E-state index contributed by atoms with van der Waals surface area (Å²) in [4.78, 5) is 46.6. The lowest BCUT2D eigenvalue weighted by molar-refractivity contribution is -0.139. The Hall–Kier alpha value is -3.75. The standard InChI is InChI=1S/C3H6N4O.C3H5N3O2.C2H3BrO2.C2H4N4O2/c1-5-3(8)2-6-7-4;1-8-3(7)2-5-6-4;3-1-2(4)5;3-6-4-1-2(7)5-8/h2H2,1H3,(H,5,8);2H2,1H3;1H2,(H,4,5);8H,1H2,(H,5,7). The van der Waals surface area contributed by atoms with E-state index in [-0.39, 0.29) is 30.9 Å². The molecule has 0 spiro atoms. The lowest BCUT2D eigenvalue weighted by Crippen LogP contribution is -2.20. The number of nitrogens with zero attached hydrogens (tertiary/aromatic N) is 9. The normalized spacial score (nSPS) is 7.17. The number of amides is 2. The number of halogens is 1. The zero-order valence-electron chi connectivity index (χ0n) is 15.2. The minimum Gasteiger partial charge on any atom is -0.481 e. The summed E-state index contributed by atoms with van der Waals surface area (Å²) >= 11 is 2.71. The number of alkyl halides is 1. The number of esters is 1. The van der Waals surface area contributed by atoms with Crippen molar-refractivity contribution in [1.29, 1.82) is 0 Å². The van der Waals surface area contributed by atoms with Crippen molar-refractivity contribution >= 4 is 39.7 Å². The zero-order chi connectivity index (χ0) is 23.5. The molecule has 0 saturated carbocycles. The molecule has 19 heteroatoms. The van der Waals surface area contributed by atoms with E-state index in [1.165, 1.54) is 19.6 Å². The Kier molecular flexibility index (Phi) is 32.9. The predicted octanol–water partition coefficient (Wildman–Crippen LogP) is 0.780. The molecule has 0 rings (SSSR count). The quantitative estimate of drug-likeness (QED) is 0.0764. The van der Waals surface area contributed by atoms with Crippen LogP contribution in [0.15, 0.2) is 15.3 Å². The summed E-state index contributed by atoms with van der Waals surface area (Å²) in [6.07, 6.45) is 0. The molecule has 0 aromatic rings. The maximum Gasteiger partial charge on any atom is 0.314 e. The molecular formula is C10H18BrN11O7. The molecule has 18 nitrogen and oxygen atoms in total. The number of ether oxygens (including phenoxy) is 1. The van der Waals surface area contributed by atoms with Gasteiger partial charge in [0.2, 0.25) is 11.8 Å². The van der Waals surface area contributed by atoms with Gasteiger partial charge in [0, 0.05) is 21.8 Å². The second kappa shape index (κ2) is 29.0. The number of hydrogen-bond acceptors (Lipinski definition) is 9. The number of hydroxylamine groups is 1. The number of carbonyl (C=O) groups excluding carboxylic acids is 3. The molecule has 2 amide bonds. The Balaban J connectivity index is -0.000000146. The number of nitrogens with one attached hydrogen (secondary N) is 2. The number of hydrogen-bond donors (Lipinski definition) is 4. The molecule has 162 valence electrons. The van der Waals surface area contributed by atoms with Crippen molar-refractivity contribution in [1.82, 2.24) is 10.8 Å². The highest BCUT2D eigenvalue weighted by Crippen LogP contribution is 1.74. The molecule has 0 aliphatic carbocycles. The van der Waals surface area contributed by atoms with Gasteiger partial charge in [-0.15, -0.1) is 0 Å². The van der Waals surface area contributed by atoms with Gasteiger partial charge in [0.05, 0.1) is 7.11 Å². The number of carboxylic acids is 1. The summed E-state index contributed by atoms with van der Waals surface area (Å²) in [5.74, 6) is -2.35. The van der Waals surface area contributed by atoms with Gasteiger partial charge in [-0.3, -0.25) is 24.4 Å². The number of carbonyl (C=O) groups is 4. The number of carboxylic acid groups (broad SMARTS) is 1. The third-order valence-corrected chi connectivity index (χ3v) is 2.04. The largest absolute Gasteiger partial charge is 0.481 e. The lowest BCUT2D eigenvalue weighted by Gasteiger charge is -1.87. The van der Waals surface area contributed by atoms with E-state index in [9.17, 15) is 19.2 Å². The van der Waals surface area contributed by atoms with Crippen molar-refractivity contribution in [2.75, 3.05) is 39.1 Å². The van der Waals surface area contributed by atoms with E-state index in [0.29, 0.717) is 0 Å². The Morgan fingerprint density at radius 1 is 0.966 bits per heavy atom. The summed E-state index contributed by atoms with van der Waals surface area (Å²) in [6, 6.07) is 0. The molecule has 29 heavy (non-hydrogen) atoms. The van der Waals surface area contributed by atoms with E-state index in [4.69, 9.17) is 26.9 Å². The minimum atomic E-state index is -0.829. The monoisotopic (exact) mass is 483 g/mol. The molecule has 0 aromatic heterocycles. The molecule has 4 N–H and O–H groups in total. The van der Waals surface area contributed by atoms with E-state index in [2.05, 4.69) is 56.1 Å². The van der Waals surface area contributed by atoms with Crippen molar-refractivity contribution in [3.05, 3.63) is 31.3 Å². The molecule has 0 aromatic carbocycles. The highest BCUT2D eigenvalue weighted by Gasteiger charge is 1.92. The Labute approximate surface area is 171 Å². The van der Waals surface area contributed by atoms with Crippen LogP contribution < -0.4 is 10.8 Å². The van der Waals surface area contributed by atoms with Crippen molar-refractivity contribution in [3.8, 4) is 0 Å². The smallest absolute Gasteiger partial charge is 0.314 e. The summed E-state index contributed by atoms with van der Waals surface area (Å²) in [5, 5.41) is 26.6. The molecular weight excluding hydrogens is 466 g/mol. The zero-order valence-corrected chi connectivity index (χ0v) is 16.8. The van der Waals surface area contributed by atoms with Crippen LogP contribution in [0.3, 0.4) is 0 Å². The third-order valence-electron chi connectivity index (χ3n) is 1.56. The topological polar surface area (TPSA) is 288 Å². The SMILES string of the molecule is CNC(=O)CN=[N+]=[N-].COC(=O)CN=[N+]=[N-].O=C(O)CBr.[N-]=[N+]=NCC(=O)NO. The summed E-state index contributed by atoms with van der Waals surface area (Å²) < 4.78 is 4.15. The number of azide groups is 3. The van der Waals surface area contributed by atoms with E-state index < -0.39 is 17.8 Å². The minimum absolute atomic E-state index is 0.0347. The van der Waals surface area contributed by atoms with Crippen LogP contribution in [0.2, 0.25) is 0 Å². The third kappa shape index (κ3) is 45.5. The average molecular weight is 484 g/mol. The molecule has 0 atom stereocenters. The molecule has 0 aliphatic heterocycles. The van der Waals surface area contributed by atoms with E-state index >= 15 is 0 Å². The van der Waals surface area contributed by atoms with Gasteiger partial charge in [0.25, 0.3) is 0 Å². The van der Waals surface area contributed by atoms with Crippen LogP contribution in [0.25, 0.3) is 31.3 Å².